The molecule has 2 saturated heterocycles. The van der Waals surface area contributed by atoms with Gasteiger partial charge >= 0.3 is 0 Å². The standard InChI is InChI=1S/C13H24N2O2/c1-10(14)11-4-6-15(7-5-11)13(16)12-3-2-8-17-9-12/h10-12H,2-9,14H2,1H3. The SMILES string of the molecule is CC(N)C1CCN(C(=O)C2CCCOC2)CC1. The molecular formula is C13H24N2O2. The van der Waals surface area contributed by atoms with E-state index in [9.17, 15) is 4.79 Å². The molecule has 0 aromatic carbocycles. The van der Waals surface area contributed by atoms with E-state index in [1.165, 1.54) is 0 Å². The van der Waals surface area contributed by atoms with Crippen LogP contribution in [0.2, 0.25) is 0 Å². The summed E-state index contributed by atoms with van der Waals surface area (Å²) in [5.41, 5.74) is 5.91. The summed E-state index contributed by atoms with van der Waals surface area (Å²) in [5, 5.41) is 0. The molecule has 0 aromatic rings. The van der Waals surface area contributed by atoms with E-state index in [4.69, 9.17) is 10.5 Å². The molecule has 1 amide bonds. The highest BCUT2D eigenvalue weighted by Crippen LogP contribution is 2.23. The molecule has 2 aliphatic rings. The molecule has 0 aromatic heterocycles. The summed E-state index contributed by atoms with van der Waals surface area (Å²) < 4.78 is 5.39. The average Bonchev–Trinajstić information content (AvgIpc) is 2.39. The second-order valence-corrected chi connectivity index (χ2v) is 5.44. The highest BCUT2D eigenvalue weighted by atomic mass is 16.5. The van der Waals surface area contributed by atoms with Crippen molar-refractivity contribution >= 4 is 5.91 Å². The largest absolute Gasteiger partial charge is 0.381 e. The lowest BCUT2D eigenvalue weighted by atomic mass is 9.90. The van der Waals surface area contributed by atoms with E-state index >= 15 is 0 Å². The van der Waals surface area contributed by atoms with Gasteiger partial charge in [0.2, 0.25) is 5.91 Å². The van der Waals surface area contributed by atoms with Gasteiger partial charge in [-0.3, -0.25) is 4.79 Å². The number of carbonyl (C=O) groups is 1. The lowest BCUT2D eigenvalue weighted by Gasteiger charge is -2.36. The van der Waals surface area contributed by atoms with E-state index in [0.29, 0.717) is 18.4 Å². The van der Waals surface area contributed by atoms with E-state index in [1.54, 1.807) is 0 Å². The van der Waals surface area contributed by atoms with Crippen LogP contribution in [0, 0.1) is 11.8 Å². The van der Waals surface area contributed by atoms with Crippen LogP contribution in [0.1, 0.15) is 32.6 Å². The summed E-state index contributed by atoms with van der Waals surface area (Å²) in [5.74, 6) is 0.991. The molecule has 0 bridgehead atoms. The van der Waals surface area contributed by atoms with Gasteiger partial charge in [-0.05, 0) is 38.5 Å². The van der Waals surface area contributed by atoms with Crippen LogP contribution in [0.5, 0.6) is 0 Å². The normalized spacial score (nSPS) is 29.1. The van der Waals surface area contributed by atoms with Crippen LogP contribution in [0.4, 0.5) is 0 Å². The Labute approximate surface area is 103 Å². The van der Waals surface area contributed by atoms with E-state index in [2.05, 4.69) is 6.92 Å². The second kappa shape index (κ2) is 5.83. The summed E-state index contributed by atoms with van der Waals surface area (Å²) >= 11 is 0. The van der Waals surface area contributed by atoms with E-state index in [0.717, 1.165) is 45.4 Å². The summed E-state index contributed by atoms with van der Waals surface area (Å²) in [6.07, 6.45) is 4.12. The molecule has 98 valence electrons. The van der Waals surface area contributed by atoms with Crippen LogP contribution >= 0.6 is 0 Å². The number of ether oxygens (including phenoxy) is 1. The Morgan fingerprint density at radius 3 is 2.59 bits per heavy atom. The summed E-state index contributed by atoms with van der Waals surface area (Å²) in [6.45, 7) is 5.25. The molecule has 17 heavy (non-hydrogen) atoms. The maximum atomic E-state index is 12.2. The minimum Gasteiger partial charge on any atom is -0.381 e. The lowest BCUT2D eigenvalue weighted by molar-refractivity contribution is -0.141. The first-order valence-electron chi connectivity index (χ1n) is 6.80. The number of hydrogen-bond acceptors (Lipinski definition) is 3. The molecule has 2 rings (SSSR count). The lowest BCUT2D eigenvalue weighted by Crippen LogP contribution is -2.46. The highest BCUT2D eigenvalue weighted by molar-refractivity contribution is 5.79. The van der Waals surface area contributed by atoms with Crippen LogP contribution in [0.15, 0.2) is 0 Å². The summed E-state index contributed by atoms with van der Waals surface area (Å²) in [6, 6.07) is 0.255. The van der Waals surface area contributed by atoms with E-state index in [1.807, 2.05) is 4.90 Å². The third kappa shape index (κ3) is 3.19. The van der Waals surface area contributed by atoms with Gasteiger partial charge in [-0.15, -0.1) is 0 Å². The van der Waals surface area contributed by atoms with E-state index < -0.39 is 0 Å². The zero-order valence-corrected chi connectivity index (χ0v) is 10.7. The first-order valence-corrected chi connectivity index (χ1v) is 6.80. The number of amides is 1. The van der Waals surface area contributed by atoms with Gasteiger partial charge < -0.3 is 15.4 Å². The fourth-order valence-electron chi connectivity index (χ4n) is 2.84. The third-order valence-electron chi connectivity index (χ3n) is 4.10. The number of hydrogen-bond donors (Lipinski definition) is 1. The molecule has 0 saturated carbocycles. The number of likely N-dealkylation sites (tertiary alicyclic amines) is 1. The van der Waals surface area contributed by atoms with E-state index in [-0.39, 0.29) is 12.0 Å². The van der Waals surface area contributed by atoms with Crippen molar-refractivity contribution in [2.24, 2.45) is 17.6 Å². The highest BCUT2D eigenvalue weighted by Gasteiger charge is 2.30. The van der Waals surface area contributed by atoms with Gasteiger partial charge in [0, 0.05) is 25.7 Å². The number of nitrogens with two attached hydrogens (primary N) is 1. The predicted molar refractivity (Wildman–Crippen MR) is 66.5 cm³/mol. The van der Waals surface area contributed by atoms with Crippen molar-refractivity contribution in [1.82, 2.24) is 4.90 Å². The zero-order chi connectivity index (χ0) is 12.3. The van der Waals surface area contributed by atoms with Gasteiger partial charge in [-0.1, -0.05) is 0 Å². The van der Waals surface area contributed by atoms with Crippen molar-refractivity contribution in [3.05, 3.63) is 0 Å². The van der Waals surface area contributed by atoms with Crippen LogP contribution < -0.4 is 5.73 Å². The Kier molecular flexibility index (Phi) is 4.40. The van der Waals surface area contributed by atoms with Gasteiger partial charge in [-0.2, -0.15) is 0 Å². The average molecular weight is 240 g/mol. The molecule has 2 unspecified atom stereocenters. The Morgan fingerprint density at radius 1 is 1.35 bits per heavy atom. The van der Waals surface area contributed by atoms with Crippen LogP contribution in [0.25, 0.3) is 0 Å². The van der Waals surface area contributed by atoms with Gasteiger partial charge in [0.05, 0.1) is 12.5 Å². The molecule has 0 radical (unpaired) electrons. The molecular weight excluding hydrogens is 216 g/mol. The van der Waals surface area contributed by atoms with Gasteiger partial charge in [0.25, 0.3) is 0 Å². The fraction of sp³-hybridized carbons (Fsp3) is 0.923. The molecule has 4 nitrogen and oxygen atoms in total. The molecule has 2 aliphatic heterocycles. The maximum absolute atomic E-state index is 12.2. The smallest absolute Gasteiger partial charge is 0.228 e. The Balaban J connectivity index is 1.81. The van der Waals surface area contributed by atoms with Gasteiger partial charge in [0.1, 0.15) is 0 Å². The first-order chi connectivity index (χ1) is 8.18. The molecule has 2 fully saturated rings. The number of nitrogens with zero attached hydrogens (tertiary/aromatic N) is 1. The Hall–Kier alpha value is -0.610. The molecule has 0 spiro atoms. The molecule has 2 atom stereocenters. The number of rotatable bonds is 2. The quantitative estimate of drug-likeness (QED) is 0.783. The fourth-order valence-corrected chi connectivity index (χ4v) is 2.84. The summed E-state index contributed by atoms with van der Waals surface area (Å²) in [7, 11) is 0. The minimum absolute atomic E-state index is 0.107. The Morgan fingerprint density at radius 2 is 2.06 bits per heavy atom. The van der Waals surface area contributed by atoms with Crippen LogP contribution in [0.3, 0.4) is 0 Å². The van der Waals surface area contributed by atoms with Crippen molar-refractivity contribution in [1.29, 1.82) is 0 Å². The molecule has 0 aliphatic carbocycles. The van der Waals surface area contributed by atoms with Crippen molar-refractivity contribution in [3.8, 4) is 0 Å². The predicted octanol–water partition coefficient (Wildman–Crippen LogP) is 0.999. The second-order valence-electron chi connectivity index (χ2n) is 5.44. The van der Waals surface area contributed by atoms with Crippen molar-refractivity contribution in [2.45, 2.75) is 38.6 Å². The van der Waals surface area contributed by atoms with Gasteiger partial charge in [0.15, 0.2) is 0 Å². The molecule has 2 N–H and O–H groups in total. The summed E-state index contributed by atoms with van der Waals surface area (Å²) in [4.78, 5) is 14.3. The third-order valence-corrected chi connectivity index (χ3v) is 4.10. The number of carbonyl (C=O) groups excluding carboxylic acids is 1. The first kappa shape index (κ1) is 12.8. The van der Waals surface area contributed by atoms with Crippen LogP contribution in [-0.2, 0) is 9.53 Å². The maximum Gasteiger partial charge on any atom is 0.228 e. The molecule has 2 heterocycles. The Bertz CT molecular complexity index is 254. The van der Waals surface area contributed by atoms with Crippen molar-refractivity contribution in [2.75, 3.05) is 26.3 Å². The van der Waals surface area contributed by atoms with Crippen LogP contribution in [-0.4, -0.2) is 43.2 Å². The zero-order valence-electron chi connectivity index (χ0n) is 10.7. The monoisotopic (exact) mass is 240 g/mol. The van der Waals surface area contributed by atoms with Crippen molar-refractivity contribution in [3.63, 3.8) is 0 Å². The topological polar surface area (TPSA) is 55.6 Å². The van der Waals surface area contributed by atoms with Crippen molar-refractivity contribution < 1.29 is 9.53 Å². The minimum atomic E-state index is 0.107. The number of piperidine rings is 1. The van der Waals surface area contributed by atoms with Gasteiger partial charge in [-0.25, -0.2) is 0 Å². The molecule has 4 heteroatoms.